The molecule has 1 aliphatic heterocycles. The van der Waals surface area contributed by atoms with Crippen molar-refractivity contribution < 1.29 is 14.3 Å². The van der Waals surface area contributed by atoms with Crippen LogP contribution in [0.2, 0.25) is 0 Å². The zero-order chi connectivity index (χ0) is 23.1. The molecule has 3 heterocycles. The molecule has 0 aliphatic carbocycles. The largest absolute Gasteiger partial charge is 0.479 e. The zero-order valence-electron chi connectivity index (χ0n) is 17.7. The third-order valence-corrected chi connectivity index (χ3v) is 7.22. The Morgan fingerprint density at radius 2 is 1.97 bits per heavy atom. The van der Waals surface area contributed by atoms with Crippen molar-refractivity contribution >= 4 is 50.7 Å². The van der Waals surface area contributed by atoms with Gasteiger partial charge in [-0.25, -0.2) is 4.98 Å². The summed E-state index contributed by atoms with van der Waals surface area (Å²) in [6.07, 6.45) is -0.578. The van der Waals surface area contributed by atoms with Crippen molar-refractivity contribution in [1.82, 2.24) is 9.97 Å². The summed E-state index contributed by atoms with van der Waals surface area (Å²) < 4.78 is 5.55. The standard InChI is InChI=1S/C24H19N3O4S2/c1-12-21(29)25-17-10-15(8-9-18(17)31-12)20(28)13(2)33-24-26-22(30)19-16(11-32-23(19)27-24)14-6-4-3-5-7-14/h3-13H,1-2H3,(H,25,29)(H,26,27,30). The second kappa shape index (κ2) is 8.49. The number of hydrogen-bond acceptors (Lipinski definition) is 7. The molecule has 2 unspecified atom stereocenters. The van der Waals surface area contributed by atoms with Gasteiger partial charge in [0.25, 0.3) is 11.5 Å². The van der Waals surface area contributed by atoms with E-state index in [1.807, 2.05) is 35.7 Å². The van der Waals surface area contributed by atoms with E-state index in [-0.39, 0.29) is 17.2 Å². The molecule has 1 aliphatic rings. The normalized spacial score (nSPS) is 16.1. The summed E-state index contributed by atoms with van der Waals surface area (Å²) in [6, 6.07) is 14.7. The molecule has 2 N–H and O–H groups in total. The molecule has 5 rings (SSSR count). The van der Waals surface area contributed by atoms with Gasteiger partial charge in [0, 0.05) is 16.5 Å². The SMILES string of the molecule is CC1Oc2ccc(C(=O)C(C)Sc3nc4scc(-c5ccccc5)c4c(=O)[nH]3)cc2NC1=O. The first-order valence-corrected chi connectivity index (χ1v) is 12.1. The van der Waals surface area contributed by atoms with E-state index in [1.165, 1.54) is 23.1 Å². The molecule has 0 saturated carbocycles. The monoisotopic (exact) mass is 477 g/mol. The molecule has 7 nitrogen and oxygen atoms in total. The van der Waals surface area contributed by atoms with E-state index in [0.717, 1.165) is 11.1 Å². The lowest BCUT2D eigenvalue weighted by atomic mass is 10.1. The van der Waals surface area contributed by atoms with Crippen molar-refractivity contribution in [2.24, 2.45) is 0 Å². The molecule has 0 saturated heterocycles. The number of aromatic nitrogens is 2. The van der Waals surface area contributed by atoms with Gasteiger partial charge in [0.1, 0.15) is 10.6 Å². The van der Waals surface area contributed by atoms with E-state index in [4.69, 9.17) is 4.74 Å². The summed E-state index contributed by atoms with van der Waals surface area (Å²) in [7, 11) is 0. The Hall–Kier alpha value is -3.43. The number of hydrogen-bond donors (Lipinski definition) is 2. The van der Waals surface area contributed by atoms with Crippen LogP contribution in [0.3, 0.4) is 0 Å². The Morgan fingerprint density at radius 1 is 1.18 bits per heavy atom. The van der Waals surface area contributed by atoms with Crippen molar-refractivity contribution in [3.63, 3.8) is 0 Å². The third kappa shape index (κ3) is 4.05. The number of nitrogens with one attached hydrogen (secondary N) is 2. The van der Waals surface area contributed by atoms with E-state index in [0.29, 0.717) is 32.4 Å². The first kappa shape index (κ1) is 21.4. The van der Waals surface area contributed by atoms with Crippen molar-refractivity contribution in [1.29, 1.82) is 0 Å². The van der Waals surface area contributed by atoms with E-state index in [1.54, 1.807) is 32.0 Å². The number of ether oxygens (including phenoxy) is 1. The van der Waals surface area contributed by atoms with E-state index in [2.05, 4.69) is 15.3 Å². The number of amides is 1. The van der Waals surface area contributed by atoms with Crippen molar-refractivity contribution in [2.75, 3.05) is 5.32 Å². The average molecular weight is 478 g/mol. The van der Waals surface area contributed by atoms with Gasteiger partial charge in [-0.05, 0) is 37.6 Å². The Bertz CT molecular complexity index is 1450. The molecule has 166 valence electrons. The highest BCUT2D eigenvalue weighted by atomic mass is 32.2. The van der Waals surface area contributed by atoms with Gasteiger partial charge in [-0.2, -0.15) is 0 Å². The van der Waals surface area contributed by atoms with Crippen molar-refractivity contribution in [3.05, 3.63) is 69.8 Å². The quantitative estimate of drug-likeness (QED) is 0.245. The number of Topliss-reactive ketones (excluding diaryl/α,β-unsaturated/α-hetero) is 1. The maximum absolute atomic E-state index is 13.0. The second-order valence-corrected chi connectivity index (χ2v) is 9.84. The predicted octanol–water partition coefficient (Wildman–Crippen LogP) is 4.73. The lowest BCUT2D eigenvalue weighted by molar-refractivity contribution is -0.122. The van der Waals surface area contributed by atoms with Crippen LogP contribution in [-0.2, 0) is 4.79 Å². The number of H-pyrrole nitrogens is 1. The van der Waals surface area contributed by atoms with Gasteiger partial charge in [-0.15, -0.1) is 11.3 Å². The lowest BCUT2D eigenvalue weighted by Gasteiger charge is -2.23. The number of aromatic amines is 1. The number of carbonyl (C=O) groups excluding carboxylic acids is 2. The van der Waals surface area contributed by atoms with Crippen LogP contribution < -0.4 is 15.6 Å². The third-order valence-electron chi connectivity index (χ3n) is 5.36. The highest BCUT2D eigenvalue weighted by Gasteiger charge is 2.26. The number of anilines is 1. The fraction of sp³-hybridized carbons (Fsp3) is 0.167. The van der Waals surface area contributed by atoms with Crippen LogP contribution in [0.25, 0.3) is 21.3 Å². The Balaban J connectivity index is 1.39. The Morgan fingerprint density at radius 3 is 2.76 bits per heavy atom. The molecule has 0 fully saturated rings. The summed E-state index contributed by atoms with van der Waals surface area (Å²) >= 11 is 2.59. The minimum absolute atomic E-state index is 0.144. The smallest absolute Gasteiger partial charge is 0.265 e. The molecule has 0 bridgehead atoms. The number of nitrogens with zero attached hydrogens (tertiary/aromatic N) is 1. The molecule has 1 amide bonds. The maximum atomic E-state index is 13.0. The number of ketones is 1. The van der Waals surface area contributed by atoms with Crippen LogP contribution >= 0.6 is 23.1 Å². The minimum Gasteiger partial charge on any atom is -0.479 e. The van der Waals surface area contributed by atoms with Crippen LogP contribution in [-0.4, -0.2) is 33.0 Å². The summed E-state index contributed by atoms with van der Waals surface area (Å²) in [5, 5.41) is 5.12. The first-order valence-electron chi connectivity index (χ1n) is 10.3. The second-order valence-electron chi connectivity index (χ2n) is 7.65. The highest BCUT2D eigenvalue weighted by molar-refractivity contribution is 8.00. The molecule has 9 heteroatoms. The van der Waals surface area contributed by atoms with Gasteiger partial charge in [-0.1, -0.05) is 42.1 Å². The number of rotatable bonds is 5. The van der Waals surface area contributed by atoms with Crippen LogP contribution in [0.5, 0.6) is 5.75 Å². The van der Waals surface area contributed by atoms with Gasteiger partial charge < -0.3 is 15.0 Å². The topological polar surface area (TPSA) is 101 Å². The van der Waals surface area contributed by atoms with Crippen molar-refractivity contribution in [3.8, 4) is 16.9 Å². The zero-order valence-corrected chi connectivity index (χ0v) is 19.4. The molecule has 4 aromatic rings. The van der Waals surface area contributed by atoms with Gasteiger partial charge in [0.05, 0.1) is 16.3 Å². The van der Waals surface area contributed by atoms with Crippen molar-refractivity contribution in [2.45, 2.75) is 30.4 Å². The number of fused-ring (bicyclic) bond motifs is 2. The molecule has 2 atom stereocenters. The molecule has 33 heavy (non-hydrogen) atoms. The van der Waals surface area contributed by atoms with Crippen LogP contribution in [0, 0.1) is 0 Å². The van der Waals surface area contributed by atoms with Crippen LogP contribution in [0.15, 0.2) is 63.9 Å². The molecule has 2 aromatic carbocycles. The number of thioether (sulfide) groups is 1. The Kier molecular flexibility index (Phi) is 5.51. The first-order chi connectivity index (χ1) is 15.9. The number of benzene rings is 2. The molecular weight excluding hydrogens is 458 g/mol. The lowest BCUT2D eigenvalue weighted by Crippen LogP contribution is -2.34. The summed E-state index contributed by atoms with van der Waals surface area (Å²) in [4.78, 5) is 45.8. The van der Waals surface area contributed by atoms with Gasteiger partial charge in [-0.3, -0.25) is 14.4 Å². The van der Waals surface area contributed by atoms with Gasteiger partial charge >= 0.3 is 0 Å². The fourth-order valence-corrected chi connectivity index (χ4v) is 5.51. The fourth-order valence-electron chi connectivity index (χ4n) is 3.63. The predicted molar refractivity (Wildman–Crippen MR) is 130 cm³/mol. The average Bonchev–Trinajstić information content (AvgIpc) is 3.24. The minimum atomic E-state index is -0.578. The van der Waals surface area contributed by atoms with E-state index < -0.39 is 11.4 Å². The van der Waals surface area contributed by atoms with Gasteiger partial charge in [0.2, 0.25) is 0 Å². The number of carbonyl (C=O) groups is 2. The maximum Gasteiger partial charge on any atom is 0.265 e. The molecule has 0 spiro atoms. The molecule has 2 aromatic heterocycles. The van der Waals surface area contributed by atoms with Gasteiger partial charge in [0.15, 0.2) is 17.0 Å². The summed E-state index contributed by atoms with van der Waals surface area (Å²) in [5.41, 5.74) is 2.49. The summed E-state index contributed by atoms with van der Waals surface area (Å²) in [5.74, 6) is 0.132. The molecule has 0 radical (unpaired) electrons. The van der Waals surface area contributed by atoms with Crippen LogP contribution in [0.1, 0.15) is 24.2 Å². The number of thiophene rings is 1. The van der Waals surface area contributed by atoms with Crippen LogP contribution in [0.4, 0.5) is 5.69 Å². The molecular formula is C24H19N3O4S2. The van der Waals surface area contributed by atoms with E-state index in [9.17, 15) is 14.4 Å². The van der Waals surface area contributed by atoms with E-state index >= 15 is 0 Å². The highest BCUT2D eigenvalue weighted by Crippen LogP contribution is 2.34. The summed E-state index contributed by atoms with van der Waals surface area (Å²) in [6.45, 7) is 3.43. The Labute approximate surface area is 197 Å².